The summed E-state index contributed by atoms with van der Waals surface area (Å²) in [5.41, 5.74) is -0.0480. The van der Waals surface area contributed by atoms with Crippen LogP contribution in [-0.4, -0.2) is 50.9 Å². The van der Waals surface area contributed by atoms with Crippen molar-refractivity contribution in [2.24, 2.45) is 0 Å². The average Bonchev–Trinajstić information content (AvgIpc) is 2.69. The molecule has 1 aliphatic rings. The minimum absolute atomic E-state index is 0.0907. The van der Waals surface area contributed by atoms with Crippen molar-refractivity contribution < 1.29 is 32.2 Å². The molecule has 3 rings (SSSR count). The van der Waals surface area contributed by atoms with Crippen LogP contribution in [0.25, 0.3) is 0 Å². The first-order chi connectivity index (χ1) is 13.3. The number of carboxylic acids is 1. The van der Waals surface area contributed by atoms with Crippen LogP contribution in [0.2, 0.25) is 0 Å². The number of carbonyl (C=O) groups is 2. The van der Waals surface area contributed by atoms with Crippen LogP contribution in [0, 0.1) is 5.82 Å². The van der Waals surface area contributed by atoms with Crippen LogP contribution in [0.1, 0.15) is 20.7 Å². The van der Waals surface area contributed by atoms with Crippen LogP contribution >= 0.6 is 0 Å². The number of aromatic carboxylic acids is 1. The summed E-state index contributed by atoms with van der Waals surface area (Å²) in [5.74, 6) is -3.09. The fourth-order valence-electron chi connectivity index (χ4n) is 2.70. The lowest BCUT2D eigenvalue weighted by Crippen LogP contribution is -2.41. The van der Waals surface area contributed by atoms with Gasteiger partial charge >= 0.3 is 0 Å². The molecule has 0 unspecified atom stereocenters. The summed E-state index contributed by atoms with van der Waals surface area (Å²) in [6.45, 7) is 0.591. The van der Waals surface area contributed by atoms with Gasteiger partial charge in [0.15, 0.2) is 0 Å². The zero-order valence-corrected chi connectivity index (χ0v) is 15.4. The number of anilines is 1. The van der Waals surface area contributed by atoms with Gasteiger partial charge in [0.1, 0.15) is 10.7 Å². The van der Waals surface area contributed by atoms with Crippen molar-refractivity contribution in [3.63, 3.8) is 0 Å². The van der Waals surface area contributed by atoms with Crippen LogP contribution in [0.5, 0.6) is 0 Å². The van der Waals surface area contributed by atoms with Crippen LogP contribution in [0.4, 0.5) is 10.1 Å². The molecule has 0 aliphatic carbocycles. The number of carbonyl (C=O) groups excluding carboxylic acids is 2. The maximum Gasteiger partial charge on any atom is 0.255 e. The normalized spacial score (nSPS) is 15.2. The van der Waals surface area contributed by atoms with Crippen LogP contribution < -0.4 is 10.4 Å². The minimum atomic E-state index is -4.13. The van der Waals surface area contributed by atoms with Gasteiger partial charge in [0.25, 0.3) is 5.91 Å². The Labute approximate surface area is 160 Å². The van der Waals surface area contributed by atoms with E-state index in [1.807, 2.05) is 0 Å². The number of carboxylic acid groups (broad SMARTS) is 1. The predicted octanol–water partition coefficient (Wildman–Crippen LogP) is 0.462. The van der Waals surface area contributed by atoms with Crippen LogP contribution in [-0.2, 0) is 14.8 Å². The summed E-state index contributed by atoms with van der Waals surface area (Å²) >= 11 is 0. The topological polar surface area (TPSA) is 116 Å². The summed E-state index contributed by atoms with van der Waals surface area (Å²) in [4.78, 5) is 22.7. The first-order valence-electron chi connectivity index (χ1n) is 8.29. The van der Waals surface area contributed by atoms with E-state index in [0.29, 0.717) is 0 Å². The monoisotopic (exact) mass is 407 g/mol. The predicted molar refractivity (Wildman–Crippen MR) is 94.7 cm³/mol. The highest BCUT2D eigenvalue weighted by atomic mass is 32.2. The Hall–Kier alpha value is -2.82. The van der Waals surface area contributed by atoms with Gasteiger partial charge in [-0.1, -0.05) is 12.1 Å². The molecule has 148 valence electrons. The molecule has 0 radical (unpaired) electrons. The van der Waals surface area contributed by atoms with Gasteiger partial charge in [-0.15, -0.1) is 0 Å². The largest absolute Gasteiger partial charge is 0.545 e. The highest BCUT2D eigenvalue weighted by molar-refractivity contribution is 7.89. The Morgan fingerprint density at radius 1 is 1.07 bits per heavy atom. The Morgan fingerprint density at radius 2 is 1.79 bits per heavy atom. The molecule has 1 fully saturated rings. The number of benzene rings is 2. The van der Waals surface area contributed by atoms with Crippen molar-refractivity contribution >= 4 is 27.6 Å². The molecule has 0 atom stereocenters. The maximum absolute atomic E-state index is 14.2. The molecule has 8 nitrogen and oxygen atoms in total. The average molecular weight is 407 g/mol. The number of morpholine rings is 1. The second kappa shape index (κ2) is 8.05. The number of rotatable bonds is 5. The minimum Gasteiger partial charge on any atom is -0.545 e. The third-order valence-electron chi connectivity index (χ3n) is 4.14. The van der Waals surface area contributed by atoms with Gasteiger partial charge in [0, 0.05) is 24.3 Å². The van der Waals surface area contributed by atoms with Crippen LogP contribution in [0.3, 0.4) is 0 Å². The number of halogens is 1. The number of amides is 1. The van der Waals surface area contributed by atoms with E-state index >= 15 is 0 Å². The fraction of sp³-hybridized carbons (Fsp3) is 0.222. The Bertz CT molecular complexity index is 1020. The smallest absolute Gasteiger partial charge is 0.255 e. The summed E-state index contributed by atoms with van der Waals surface area (Å²) < 4.78 is 45.8. The lowest BCUT2D eigenvalue weighted by atomic mass is 10.1. The van der Waals surface area contributed by atoms with Gasteiger partial charge < -0.3 is 20.0 Å². The first-order valence-corrected chi connectivity index (χ1v) is 9.73. The standard InChI is InChI=1S/C18H17FN2O6S/c19-15-5-4-12(11-16(15)28(25,26)21-6-8-27-9-7-21)17(22)20-14-3-1-2-13(10-14)18(23)24/h1-5,10-11H,6-9H2,(H,20,22)(H,23,24)/p-1. The fourth-order valence-corrected chi connectivity index (χ4v) is 4.19. The molecule has 2 aromatic carbocycles. The zero-order chi connectivity index (χ0) is 20.3. The van der Waals surface area contributed by atoms with E-state index in [4.69, 9.17) is 4.74 Å². The molecule has 1 heterocycles. The van der Waals surface area contributed by atoms with Gasteiger partial charge in [-0.25, -0.2) is 12.8 Å². The number of nitrogens with one attached hydrogen (secondary N) is 1. The number of hydrogen-bond acceptors (Lipinski definition) is 6. The highest BCUT2D eigenvalue weighted by Gasteiger charge is 2.29. The Morgan fingerprint density at radius 3 is 2.46 bits per heavy atom. The first kappa shape index (κ1) is 19.9. The van der Waals surface area contributed by atoms with Crippen molar-refractivity contribution in [2.75, 3.05) is 31.6 Å². The van der Waals surface area contributed by atoms with Gasteiger partial charge in [0.2, 0.25) is 10.0 Å². The van der Waals surface area contributed by atoms with E-state index in [9.17, 15) is 27.5 Å². The lowest BCUT2D eigenvalue weighted by Gasteiger charge is -2.26. The molecule has 0 spiro atoms. The lowest BCUT2D eigenvalue weighted by molar-refractivity contribution is -0.255. The molecule has 1 amide bonds. The van der Waals surface area contributed by atoms with E-state index in [1.54, 1.807) is 0 Å². The second-order valence-electron chi connectivity index (χ2n) is 5.98. The molecular weight excluding hydrogens is 391 g/mol. The number of hydrogen-bond donors (Lipinski definition) is 1. The molecule has 1 N–H and O–H groups in total. The number of ether oxygens (including phenoxy) is 1. The second-order valence-corrected chi connectivity index (χ2v) is 7.89. The summed E-state index contributed by atoms with van der Waals surface area (Å²) in [7, 11) is -4.13. The zero-order valence-electron chi connectivity index (χ0n) is 14.6. The van der Waals surface area contributed by atoms with E-state index < -0.39 is 32.6 Å². The molecule has 28 heavy (non-hydrogen) atoms. The van der Waals surface area contributed by atoms with Gasteiger partial charge in [0.05, 0.1) is 19.2 Å². The molecule has 0 bridgehead atoms. The number of sulfonamides is 1. The van der Waals surface area contributed by atoms with Crippen molar-refractivity contribution in [3.05, 3.63) is 59.4 Å². The van der Waals surface area contributed by atoms with Crippen molar-refractivity contribution in [2.45, 2.75) is 4.90 Å². The van der Waals surface area contributed by atoms with Crippen LogP contribution in [0.15, 0.2) is 47.4 Å². The Balaban J connectivity index is 1.87. The van der Waals surface area contributed by atoms with Crippen molar-refractivity contribution in [3.8, 4) is 0 Å². The molecule has 0 saturated carbocycles. The number of nitrogens with zero attached hydrogens (tertiary/aromatic N) is 1. The SMILES string of the molecule is O=C([O-])c1cccc(NC(=O)c2ccc(F)c(S(=O)(=O)N3CCOCC3)c2)c1. The molecule has 1 aliphatic heterocycles. The van der Waals surface area contributed by atoms with E-state index in [1.165, 1.54) is 24.3 Å². The Kier molecular flexibility index (Phi) is 5.73. The summed E-state index contributed by atoms with van der Waals surface area (Å²) in [5, 5.41) is 13.4. The van der Waals surface area contributed by atoms with E-state index in [0.717, 1.165) is 22.5 Å². The highest BCUT2D eigenvalue weighted by Crippen LogP contribution is 2.22. The third-order valence-corrected chi connectivity index (χ3v) is 6.05. The molecule has 0 aromatic heterocycles. The quantitative estimate of drug-likeness (QED) is 0.770. The van der Waals surface area contributed by atoms with Crippen molar-refractivity contribution in [1.29, 1.82) is 0 Å². The molecule has 1 saturated heterocycles. The van der Waals surface area contributed by atoms with E-state index in [2.05, 4.69) is 5.32 Å². The molecular formula is C18H16FN2O6S-. The summed E-state index contributed by atoms with van der Waals surface area (Å²) in [6, 6.07) is 8.38. The van der Waals surface area contributed by atoms with Gasteiger partial charge in [-0.2, -0.15) is 4.31 Å². The van der Waals surface area contributed by atoms with Crippen molar-refractivity contribution in [1.82, 2.24) is 4.31 Å². The van der Waals surface area contributed by atoms with E-state index in [-0.39, 0.29) is 43.1 Å². The summed E-state index contributed by atoms with van der Waals surface area (Å²) in [6.07, 6.45) is 0. The maximum atomic E-state index is 14.2. The van der Waals surface area contributed by atoms with Gasteiger partial charge in [-0.05, 0) is 35.9 Å². The van der Waals surface area contributed by atoms with Gasteiger partial charge in [-0.3, -0.25) is 4.79 Å². The molecule has 2 aromatic rings. The third kappa shape index (κ3) is 4.19. The molecule has 10 heteroatoms.